The second-order valence-corrected chi connectivity index (χ2v) is 6.51. The van der Waals surface area contributed by atoms with Crippen LogP contribution in [-0.4, -0.2) is 35.5 Å². The van der Waals surface area contributed by atoms with Gasteiger partial charge in [0.25, 0.3) is 0 Å². The number of hydrogen-bond acceptors (Lipinski definition) is 3. The van der Waals surface area contributed by atoms with Crippen LogP contribution in [0, 0.1) is 0 Å². The zero-order chi connectivity index (χ0) is 13.3. The molecule has 0 unspecified atom stereocenters. The Bertz CT molecular complexity index is 266. The van der Waals surface area contributed by atoms with Crippen LogP contribution in [0.25, 0.3) is 0 Å². The maximum atomic E-state index is 5.86. The van der Waals surface area contributed by atoms with Gasteiger partial charge in [-0.25, -0.2) is 0 Å². The van der Waals surface area contributed by atoms with Crippen molar-refractivity contribution in [3.8, 4) is 0 Å². The quantitative estimate of drug-likeness (QED) is 0.706. The van der Waals surface area contributed by atoms with Gasteiger partial charge >= 0.3 is 0 Å². The van der Waals surface area contributed by atoms with E-state index < -0.39 is 0 Å². The van der Waals surface area contributed by atoms with Crippen molar-refractivity contribution < 1.29 is 9.57 Å². The molecule has 100 valence electrons. The van der Waals surface area contributed by atoms with Gasteiger partial charge in [-0.05, 0) is 47.5 Å². The fraction of sp³-hybridized carbons (Fsp3) is 0.857. The minimum Gasteiger partial charge on any atom is -0.378 e. The molecule has 3 nitrogen and oxygen atoms in total. The van der Waals surface area contributed by atoms with Crippen LogP contribution < -0.4 is 0 Å². The van der Waals surface area contributed by atoms with Gasteiger partial charge in [-0.2, -0.15) is 5.06 Å². The van der Waals surface area contributed by atoms with E-state index in [-0.39, 0.29) is 16.7 Å². The molecule has 3 heteroatoms. The average Bonchev–Trinajstić information content (AvgIpc) is 2.14. The predicted molar refractivity (Wildman–Crippen MR) is 70.8 cm³/mol. The minimum absolute atomic E-state index is 0.0461. The van der Waals surface area contributed by atoms with Gasteiger partial charge in [-0.3, -0.25) is 4.84 Å². The number of methoxy groups -OCH3 is 1. The van der Waals surface area contributed by atoms with E-state index in [4.69, 9.17) is 9.57 Å². The summed E-state index contributed by atoms with van der Waals surface area (Å²) in [6.07, 6.45) is 3.70. The van der Waals surface area contributed by atoms with Crippen molar-refractivity contribution in [2.24, 2.45) is 0 Å². The lowest BCUT2D eigenvalue weighted by Gasteiger charge is -2.56. The third-order valence-corrected chi connectivity index (χ3v) is 3.53. The molecule has 0 spiro atoms. The summed E-state index contributed by atoms with van der Waals surface area (Å²) in [7, 11) is 1.80. The topological polar surface area (TPSA) is 21.7 Å². The van der Waals surface area contributed by atoms with E-state index >= 15 is 0 Å². The van der Waals surface area contributed by atoms with Crippen molar-refractivity contribution in [3.05, 3.63) is 12.7 Å². The predicted octanol–water partition coefficient (Wildman–Crippen LogP) is 3.16. The third kappa shape index (κ3) is 3.09. The normalized spacial score (nSPS) is 26.7. The van der Waals surface area contributed by atoms with Crippen molar-refractivity contribution in [1.29, 1.82) is 0 Å². The fourth-order valence-corrected chi connectivity index (χ4v) is 3.48. The van der Waals surface area contributed by atoms with E-state index in [1.54, 1.807) is 13.2 Å². The number of hydroxylamine groups is 2. The lowest BCUT2D eigenvalue weighted by molar-refractivity contribution is -0.300. The van der Waals surface area contributed by atoms with Crippen molar-refractivity contribution in [1.82, 2.24) is 5.06 Å². The molecule has 1 aliphatic rings. The van der Waals surface area contributed by atoms with Gasteiger partial charge in [0.2, 0.25) is 0 Å². The average molecular weight is 241 g/mol. The lowest BCUT2D eigenvalue weighted by Crippen LogP contribution is -2.64. The molecule has 0 saturated carbocycles. The highest BCUT2D eigenvalue weighted by atomic mass is 16.7. The fourth-order valence-electron chi connectivity index (χ4n) is 3.48. The number of rotatable bonds is 4. The van der Waals surface area contributed by atoms with E-state index in [0.29, 0.717) is 6.61 Å². The summed E-state index contributed by atoms with van der Waals surface area (Å²) >= 11 is 0. The highest BCUT2D eigenvalue weighted by Crippen LogP contribution is 2.44. The van der Waals surface area contributed by atoms with Gasteiger partial charge in [0.15, 0.2) is 0 Å². The first kappa shape index (κ1) is 14.7. The minimum atomic E-state index is -0.0823. The molecule has 0 aromatic heterocycles. The van der Waals surface area contributed by atoms with Crippen LogP contribution in [0.5, 0.6) is 0 Å². The Morgan fingerprint density at radius 2 is 1.59 bits per heavy atom. The van der Waals surface area contributed by atoms with Gasteiger partial charge in [0, 0.05) is 18.2 Å². The zero-order valence-corrected chi connectivity index (χ0v) is 12.2. The molecule has 0 aromatic rings. The molecule has 0 amide bonds. The summed E-state index contributed by atoms with van der Waals surface area (Å²) in [5.74, 6) is 0. The zero-order valence-electron chi connectivity index (χ0n) is 12.2. The van der Waals surface area contributed by atoms with Crippen LogP contribution in [0.4, 0.5) is 0 Å². The third-order valence-electron chi connectivity index (χ3n) is 3.53. The van der Waals surface area contributed by atoms with Crippen LogP contribution >= 0.6 is 0 Å². The molecular formula is C14H27NO2. The SMILES string of the molecule is C=CCON1C(C)(C)CC(C)(OC)CC1(C)C. The lowest BCUT2D eigenvalue weighted by atomic mass is 9.73. The van der Waals surface area contributed by atoms with E-state index in [1.165, 1.54) is 0 Å². The summed E-state index contributed by atoms with van der Waals surface area (Å²) in [6.45, 7) is 15.3. The van der Waals surface area contributed by atoms with Gasteiger partial charge in [-0.1, -0.05) is 6.08 Å². The maximum absolute atomic E-state index is 5.86. The Labute approximate surface area is 106 Å². The summed E-state index contributed by atoms with van der Waals surface area (Å²) < 4.78 is 5.70. The molecular weight excluding hydrogens is 214 g/mol. The molecule has 0 radical (unpaired) electrons. The molecule has 0 aliphatic carbocycles. The molecule has 1 saturated heterocycles. The van der Waals surface area contributed by atoms with Crippen molar-refractivity contribution in [3.63, 3.8) is 0 Å². The van der Waals surface area contributed by atoms with E-state index in [1.807, 2.05) is 0 Å². The first-order valence-corrected chi connectivity index (χ1v) is 6.26. The number of nitrogens with zero attached hydrogens (tertiary/aromatic N) is 1. The maximum Gasteiger partial charge on any atom is 0.0864 e. The van der Waals surface area contributed by atoms with Crippen molar-refractivity contribution in [2.45, 2.75) is 64.1 Å². The van der Waals surface area contributed by atoms with Crippen molar-refractivity contribution >= 4 is 0 Å². The monoisotopic (exact) mass is 241 g/mol. The van der Waals surface area contributed by atoms with Gasteiger partial charge in [0.05, 0.1) is 12.2 Å². The number of piperidine rings is 1. The molecule has 1 rings (SSSR count). The van der Waals surface area contributed by atoms with Crippen LogP contribution in [0.15, 0.2) is 12.7 Å². The van der Waals surface area contributed by atoms with Gasteiger partial charge < -0.3 is 4.74 Å². The molecule has 0 atom stereocenters. The largest absolute Gasteiger partial charge is 0.378 e. The Morgan fingerprint density at radius 1 is 1.12 bits per heavy atom. The molecule has 1 aliphatic heterocycles. The summed E-state index contributed by atoms with van der Waals surface area (Å²) in [6, 6.07) is 0. The molecule has 0 bridgehead atoms. The first-order valence-electron chi connectivity index (χ1n) is 6.26. The molecule has 0 N–H and O–H groups in total. The van der Waals surface area contributed by atoms with Crippen LogP contribution in [0.2, 0.25) is 0 Å². The first-order chi connectivity index (χ1) is 7.67. The van der Waals surface area contributed by atoms with Gasteiger partial charge in [-0.15, -0.1) is 6.58 Å². The summed E-state index contributed by atoms with van der Waals surface area (Å²) in [4.78, 5) is 5.86. The number of hydrogen-bond donors (Lipinski definition) is 0. The Morgan fingerprint density at radius 3 is 1.94 bits per heavy atom. The number of ether oxygens (including phenoxy) is 1. The highest BCUT2D eigenvalue weighted by molar-refractivity contribution is 5.02. The Balaban J connectivity index is 2.95. The second kappa shape index (κ2) is 4.71. The smallest absolute Gasteiger partial charge is 0.0864 e. The Hall–Kier alpha value is -0.380. The van der Waals surface area contributed by atoms with Gasteiger partial charge in [0.1, 0.15) is 0 Å². The van der Waals surface area contributed by atoms with E-state index in [2.05, 4.69) is 46.3 Å². The van der Waals surface area contributed by atoms with Crippen LogP contribution in [-0.2, 0) is 9.57 Å². The van der Waals surface area contributed by atoms with Crippen LogP contribution in [0.3, 0.4) is 0 Å². The molecule has 1 fully saturated rings. The highest BCUT2D eigenvalue weighted by Gasteiger charge is 2.51. The molecule has 1 heterocycles. The molecule has 0 aromatic carbocycles. The van der Waals surface area contributed by atoms with E-state index in [9.17, 15) is 0 Å². The Kier molecular flexibility index (Phi) is 4.07. The summed E-state index contributed by atoms with van der Waals surface area (Å²) in [5.41, 5.74) is -0.175. The van der Waals surface area contributed by atoms with E-state index in [0.717, 1.165) is 12.8 Å². The van der Waals surface area contributed by atoms with Crippen molar-refractivity contribution in [2.75, 3.05) is 13.7 Å². The second-order valence-electron chi connectivity index (χ2n) is 6.51. The standard InChI is InChI=1S/C14H27NO2/c1-8-9-17-15-12(2,3)10-14(6,16-7)11-13(15,4)5/h8H,1,9-11H2,2-7H3. The van der Waals surface area contributed by atoms with Crippen LogP contribution in [0.1, 0.15) is 47.5 Å². The molecule has 17 heavy (non-hydrogen) atoms. The summed E-state index contributed by atoms with van der Waals surface area (Å²) in [5, 5.41) is 2.11.